The average Bonchev–Trinajstić information content (AvgIpc) is 2.25. The molecule has 0 saturated carbocycles. The van der Waals surface area contributed by atoms with Gasteiger partial charge in [-0.15, -0.1) is 0 Å². The molecule has 15 heavy (non-hydrogen) atoms. The van der Waals surface area contributed by atoms with Crippen molar-refractivity contribution in [3.63, 3.8) is 0 Å². The van der Waals surface area contributed by atoms with Gasteiger partial charge in [-0.1, -0.05) is 50.8 Å². The number of nitrogens with one attached hydrogen (secondary N) is 1. The first kappa shape index (κ1) is 12.0. The van der Waals surface area contributed by atoms with Gasteiger partial charge in [0.15, 0.2) is 0 Å². The smallest absolute Gasteiger partial charge is 0.0205 e. The van der Waals surface area contributed by atoms with Gasteiger partial charge in [-0.3, -0.25) is 0 Å². The fourth-order valence-corrected chi connectivity index (χ4v) is 1.41. The Morgan fingerprint density at radius 3 is 2.53 bits per heavy atom. The lowest BCUT2D eigenvalue weighted by Crippen LogP contribution is -2.18. The van der Waals surface area contributed by atoms with E-state index in [4.69, 9.17) is 0 Å². The zero-order valence-electron chi connectivity index (χ0n) is 9.79. The maximum absolute atomic E-state index is 4.08. The normalized spacial score (nSPS) is 10.6. The number of benzene rings is 1. The van der Waals surface area contributed by atoms with Gasteiger partial charge in [-0.2, -0.15) is 0 Å². The third-order valence-corrected chi connectivity index (χ3v) is 2.42. The molecule has 0 spiro atoms. The molecule has 0 saturated heterocycles. The fraction of sp³-hybridized carbons (Fsp3) is 0.429. The molecule has 1 N–H and O–H groups in total. The van der Waals surface area contributed by atoms with E-state index in [-0.39, 0.29) is 0 Å². The van der Waals surface area contributed by atoms with E-state index in [1.165, 1.54) is 17.6 Å². The monoisotopic (exact) mass is 203 g/mol. The van der Waals surface area contributed by atoms with Crippen molar-refractivity contribution in [2.75, 3.05) is 13.1 Å². The maximum atomic E-state index is 4.08. The minimum absolute atomic E-state index is 0.766. The van der Waals surface area contributed by atoms with Gasteiger partial charge in [0.25, 0.3) is 0 Å². The minimum atomic E-state index is 0.766. The molecule has 0 aromatic heterocycles. The van der Waals surface area contributed by atoms with Crippen LogP contribution in [0.5, 0.6) is 0 Å². The molecule has 0 atom stereocenters. The molecular formula is C14H21N. The van der Waals surface area contributed by atoms with Gasteiger partial charge in [0.2, 0.25) is 0 Å². The second-order valence-electron chi connectivity index (χ2n) is 4.33. The Morgan fingerprint density at radius 2 is 1.93 bits per heavy atom. The summed E-state index contributed by atoms with van der Waals surface area (Å²) in [5.41, 5.74) is 2.40. The molecule has 0 radical (unpaired) electrons. The second kappa shape index (κ2) is 6.41. The van der Waals surface area contributed by atoms with Crippen molar-refractivity contribution in [1.82, 2.24) is 5.32 Å². The highest BCUT2D eigenvalue weighted by Crippen LogP contribution is 2.09. The average molecular weight is 203 g/mol. The Labute approximate surface area is 93.2 Å². The van der Waals surface area contributed by atoms with Crippen molar-refractivity contribution in [3.05, 3.63) is 42.5 Å². The summed E-state index contributed by atoms with van der Waals surface area (Å²) in [5, 5.41) is 3.42. The quantitative estimate of drug-likeness (QED) is 0.699. The summed E-state index contributed by atoms with van der Waals surface area (Å²) in [7, 11) is 0. The van der Waals surface area contributed by atoms with E-state index in [1.54, 1.807) is 0 Å². The molecule has 0 aliphatic heterocycles. The maximum Gasteiger partial charge on any atom is 0.0205 e. The molecule has 1 aromatic carbocycles. The first-order valence-electron chi connectivity index (χ1n) is 5.64. The van der Waals surface area contributed by atoms with E-state index >= 15 is 0 Å². The van der Waals surface area contributed by atoms with Crippen molar-refractivity contribution >= 4 is 5.57 Å². The predicted octanol–water partition coefficient (Wildman–Crippen LogP) is 3.34. The molecule has 1 nitrogen and oxygen atoms in total. The summed E-state index contributed by atoms with van der Waals surface area (Å²) in [4.78, 5) is 0. The fourth-order valence-electron chi connectivity index (χ4n) is 1.41. The van der Waals surface area contributed by atoms with Gasteiger partial charge in [-0.05, 0) is 30.0 Å². The Morgan fingerprint density at radius 1 is 1.27 bits per heavy atom. The molecule has 0 bridgehead atoms. The lowest BCUT2D eigenvalue weighted by molar-refractivity contribution is 0.554. The Bertz CT molecular complexity index is 287. The van der Waals surface area contributed by atoms with Crippen molar-refractivity contribution in [2.24, 2.45) is 5.92 Å². The van der Waals surface area contributed by atoms with Gasteiger partial charge in [0.1, 0.15) is 0 Å². The highest BCUT2D eigenvalue weighted by Gasteiger charge is 1.97. The molecule has 1 rings (SSSR count). The zero-order valence-corrected chi connectivity index (χ0v) is 9.79. The van der Waals surface area contributed by atoms with Gasteiger partial charge < -0.3 is 5.32 Å². The number of hydrogen-bond donors (Lipinski definition) is 1. The Kier molecular flexibility index (Phi) is 5.13. The second-order valence-corrected chi connectivity index (χ2v) is 4.33. The summed E-state index contributed by atoms with van der Waals surface area (Å²) in [5.74, 6) is 0.766. The molecule has 0 amide bonds. The Hall–Kier alpha value is -1.08. The van der Waals surface area contributed by atoms with E-state index in [0.29, 0.717) is 0 Å². The molecule has 0 fully saturated rings. The molecular weight excluding hydrogens is 182 g/mol. The van der Waals surface area contributed by atoms with Crippen LogP contribution in [-0.2, 0) is 0 Å². The Balaban J connectivity index is 2.25. The lowest BCUT2D eigenvalue weighted by Gasteiger charge is -2.09. The van der Waals surface area contributed by atoms with Crippen LogP contribution in [0.3, 0.4) is 0 Å². The van der Waals surface area contributed by atoms with Crippen LogP contribution in [0, 0.1) is 5.92 Å². The summed E-state index contributed by atoms with van der Waals surface area (Å²) in [6.07, 6.45) is 1.22. The molecule has 0 aliphatic rings. The van der Waals surface area contributed by atoms with Crippen LogP contribution in [0.25, 0.3) is 5.57 Å². The van der Waals surface area contributed by atoms with E-state index < -0.39 is 0 Å². The third-order valence-electron chi connectivity index (χ3n) is 2.42. The van der Waals surface area contributed by atoms with Gasteiger partial charge in [-0.25, -0.2) is 0 Å². The van der Waals surface area contributed by atoms with Crippen LogP contribution in [0.1, 0.15) is 25.8 Å². The first-order valence-corrected chi connectivity index (χ1v) is 5.64. The van der Waals surface area contributed by atoms with Gasteiger partial charge >= 0.3 is 0 Å². The summed E-state index contributed by atoms with van der Waals surface area (Å²) in [6, 6.07) is 10.3. The van der Waals surface area contributed by atoms with Crippen molar-refractivity contribution in [1.29, 1.82) is 0 Å². The van der Waals surface area contributed by atoms with Crippen molar-refractivity contribution in [2.45, 2.75) is 20.3 Å². The van der Waals surface area contributed by atoms with Crippen LogP contribution in [0.4, 0.5) is 0 Å². The molecule has 0 aliphatic carbocycles. The van der Waals surface area contributed by atoms with Crippen molar-refractivity contribution in [3.8, 4) is 0 Å². The van der Waals surface area contributed by atoms with Crippen LogP contribution >= 0.6 is 0 Å². The number of hydrogen-bond acceptors (Lipinski definition) is 1. The molecule has 0 unspecified atom stereocenters. The van der Waals surface area contributed by atoms with Crippen LogP contribution < -0.4 is 5.32 Å². The lowest BCUT2D eigenvalue weighted by atomic mass is 10.1. The predicted molar refractivity (Wildman–Crippen MR) is 67.8 cm³/mol. The van der Waals surface area contributed by atoms with E-state index in [0.717, 1.165) is 19.0 Å². The molecule has 1 heteroatoms. The van der Waals surface area contributed by atoms with Crippen LogP contribution in [-0.4, -0.2) is 13.1 Å². The molecule has 1 aromatic rings. The summed E-state index contributed by atoms with van der Waals surface area (Å²) in [6.45, 7) is 10.5. The highest BCUT2D eigenvalue weighted by atomic mass is 14.8. The van der Waals surface area contributed by atoms with Gasteiger partial charge in [0.05, 0.1) is 0 Å². The minimum Gasteiger partial charge on any atom is -0.313 e. The zero-order chi connectivity index (χ0) is 11.1. The number of rotatable bonds is 6. The van der Waals surface area contributed by atoms with E-state index in [1.807, 2.05) is 6.07 Å². The standard InChI is InChI=1S/C14H21N/c1-12(2)9-10-15-11-13(3)14-7-5-4-6-8-14/h4-8,12,15H,3,9-11H2,1-2H3. The largest absolute Gasteiger partial charge is 0.313 e. The SMILES string of the molecule is C=C(CNCCC(C)C)c1ccccc1. The molecule has 82 valence electrons. The van der Waals surface area contributed by atoms with Gasteiger partial charge in [0, 0.05) is 6.54 Å². The topological polar surface area (TPSA) is 12.0 Å². The first-order chi connectivity index (χ1) is 7.20. The summed E-state index contributed by atoms with van der Waals surface area (Å²) >= 11 is 0. The van der Waals surface area contributed by atoms with Crippen molar-refractivity contribution < 1.29 is 0 Å². The third kappa shape index (κ3) is 4.80. The summed E-state index contributed by atoms with van der Waals surface area (Å²) < 4.78 is 0. The highest BCUT2D eigenvalue weighted by molar-refractivity contribution is 5.64. The van der Waals surface area contributed by atoms with Crippen LogP contribution in [0.15, 0.2) is 36.9 Å². The van der Waals surface area contributed by atoms with Crippen LogP contribution in [0.2, 0.25) is 0 Å². The molecule has 0 heterocycles. The van der Waals surface area contributed by atoms with E-state index in [9.17, 15) is 0 Å². The van der Waals surface area contributed by atoms with E-state index in [2.05, 4.69) is 50.0 Å².